The van der Waals surface area contributed by atoms with E-state index in [1.807, 2.05) is 97.1 Å². The minimum atomic E-state index is -1.05. The van der Waals surface area contributed by atoms with Crippen LogP contribution in [0.5, 0.6) is 0 Å². The first-order valence-corrected chi connectivity index (χ1v) is 14.4. The summed E-state index contributed by atoms with van der Waals surface area (Å²) < 4.78 is 10.1. The maximum absolute atomic E-state index is 13.7. The van der Waals surface area contributed by atoms with Crippen molar-refractivity contribution < 1.29 is 29.3 Å². The van der Waals surface area contributed by atoms with Gasteiger partial charge in [-0.05, 0) is 41.5 Å². The summed E-state index contributed by atoms with van der Waals surface area (Å²) in [6, 6.07) is 25.8. The number of allylic oxidation sites excluding steroid dienone is 1. The summed E-state index contributed by atoms with van der Waals surface area (Å²) in [5, 5.41) is 28.0. The van der Waals surface area contributed by atoms with E-state index in [1.54, 1.807) is 0 Å². The fourth-order valence-corrected chi connectivity index (χ4v) is 5.28. The summed E-state index contributed by atoms with van der Waals surface area (Å²) in [7, 11) is 1.52. The number of fused-ring (bicyclic) bond motifs is 1. The molecular weight excluding hydrogens is 532 g/mol. The van der Waals surface area contributed by atoms with Crippen molar-refractivity contribution in [2.24, 2.45) is 5.92 Å². The van der Waals surface area contributed by atoms with E-state index in [0.29, 0.717) is 19.3 Å². The van der Waals surface area contributed by atoms with Gasteiger partial charge in [0.2, 0.25) is 5.91 Å². The average Bonchev–Trinajstić information content (AvgIpc) is 3.31. The maximum Gasteiger partial charge on any atom is 0.407 e. The van der Waals surface area contributed by atoms with E-state index < -0.39 is 36.3 Å². The molecule has 3 aromatic rings. The number of benzene rings is 3. The third kappa shape index (κ3) is 9.01. The molecule has 0 unspecified atom stereocenters. The second-order valence-corrected chi connectivity index (χ2v) is 10.6. The standard InChI is InChI=1S/C34H40N2O6/c1-41-19-20-42-34(40)35-29(21-25-13-6-3-7-14-25)30(37)23-27(17-10-15-24-11-4-2-5-12-24)33(39)36-32-28-18-9-8-16-26(28)22-31(32)38/h2-16,18,27,29-32,37-38H,17,19-23H2,1H3,(H,35,40)(H,36,39)/t27-,29+,30+,31-,32+/m1/s1. The van der Waals surface area contributed by atoms with Gasteiger partial charge in [0.1, 0.15) is 6.61 Å². The quantitative estimate of drug-likeness (QED) is 0.215. The Hall–Kier alpha value is -3.98. The molecule has 42 heavy (non-hydrogen) atoms. The number of alkyl carbamates (subject to hydrolysis) is 1. The summed E-state index contributed by atoms with van der Waals surface area (Å²) >= 11 is 0. The van der Waals surface area contributed by atoms with Gasteiger partial charge in [-0.3, -0.25) is 4.79 Å². The molecule has 5 atom stereocenters. The minimum Gasteiger partial charge on any atom is -0.447 e. The number of methoxy groups -OCH3 is 1. The van der Waals surface area contributed by atoms with Crippen LogP contribution in [0.25, 0.3) is 6.08 Å². The lowest BCUT2D eigenvalue weighted by atomic mass is 9.90. The fourth-order valence-electron chi connectivity index (χ4n) is 5.28. The number of aliphatic hydroxyl groups excluding tert-OH is 2. The van der Waals surface area contributed by atoms with Crippen LogP contribution in [-0.4, -0.2) is 60.8 Å². The van der Waals surface area contributed by atoms with E-state index in [0.717, 1.165) is 22.3 Å². The normalized spacial score (nSPS) is 18.2. The molecule has 1 aliphatic rings. The zero-order chi connectivity index (χ0) is 29.7. The molecule has 1 aliphatic carbocycles. The van der Waals surface area contributed by atoms with Crippen molar-refractivity contribution in [3.05, 3.63) is 113 Å². The molecular formula is C34H40N2O6. The molecule has 222 valence electrons. The van der Waals surface area contributed by atoms with Crippen molar-refractivity contribution in [3.8, 4) is 0 Å². The lowest BCUT2D eigenvalue weighted by molar-refractivity contribution is -0.127. The van der Waals surface area contributed by atoms with Gasteiger partial charge in [-0.1, -0.05) is 97.1 Å². The minimum absolute atomic E-state index is 0.0803. The zero-order valence-electron chi connectivity index (χ0n) is 23.9. The molecule has 4 N–H and O–H groups in total. The second-order valence-electron chi connectivity index (χ2n) is 10.6. The maximum atomic E-state index is 13.7. The Balaban J connectivity index is 1.51. The summed E-state index contributed by atoms with van der Waals surface area (Å²) in [5.74, 6) is -0.891. The molecule has 0 heterocycles. The predicted molar refractivity (Wildman–Crippen MR) is 162 cm³/mol. The third-order valence-corrected chi connectivity index (χ3v) is 7.52. The van der Waals surface area contributed by atoms with Crippen molar-refractivity contribution in [1.82, 2.24) is 10.6 Å². The van der Waals surface area contributed by atoms with Gasteiger partial charge in [0.05, 0.1) is 30.9 Å². The highest BCUT2D eigenvalue weighted by Gasteiger charge is 2.35. The molecule has 0 fully saturated rings. The number of hydrogen-bond acceptors (Lipinski definition) is 6. The van der Waals surface area contributed by atoms with E-state index in [2.05, 4.69) is 10.6 Å². The Kier molecular flexibility index (Phi) is 11.7. The van der Waals surface area contributed by atoms with Crippen molar-refractivity contribution >= 4 is 18.1 Å². The van der Waals surface area contributed by atoms with Crippen LogP contribution in [-0.2, 0) is 27.1 Å². The van der Waals surface area contributed by atoms with E-state index in [4.69, 9.17) is 9.47 Å². The van der Waals surface area contributed by atoms with Gasteiger partial charge in [-0.25, -0.2) is 4.79 Å². The topological polar surface area (TPSA) is 117 Å². The Morgan fingerprint density at radius 2 is 1.67 bits per heavy atom. The predicted octanol–water partition coefficient (Wildman–Crippen LogP) is 4.22. The van der Waals surface area contributed by atoms with Crippen molar-refractivity contribution in [2.45, 2.75) is 50.0 Å². The van der Waals surface area contributed by atoms with Crippen molar-refractivity contribution in [2.75, 3.05) is 20.3 Å². The molecule has 0 radical (unpaired) electrons. The van der Waals surface area contributed by atoms with Gasteiger partial charge in [-0.2, -0.15) is 0 Å². The van der Waals surface area contributed by atoms with Gasteiger partial charge in [0, 0.05) is 19.4 Å². The Morgan fingerprint density at radius 3 is 2.40 bits per heavy atom. The Bertz CT molecular complexity index is 1300. The zero-order valence-corrected chi connectivity index (χ0v) is 23.9. The average molecular weight is 573 g/mol. The first-order valence-electron chi connectivity index (χ1n) is 14.4. The van der Waals surface area contributed by atoms with Gasteiger partial charge in [0.25, 0.3) is 0 Å². The van der Waals surface area contributed by atoms with Crippen LogP contribution in [0.4, 0.5) is 4.79 Å². The summed E-state index contributed by atoms with van der Waals surface area (Å²) in [6.45, 7) is 0.336. The number of carbonyl (C=O) groups excluding carboxylic acids is 2. The van der Waals surface area contributed by atoms with Crippen molar-refractivity contribution in [1.29, 1.82) is 0 Å². The number of hydrogen-bond donors (Lipinski definition) is 4. The van der Waals surface area contributed by atoms with Crippen molar-refractivity contribution in [3.63, 3.8) is 0 Å². The van der Waals surface area contributed by atoms with Gasteiger partial charge >= 0.3 is 6.09 Å². The molecule has 0 aromatic heterocycles. The molecule has 0 spiro atoms. The highest BCUT2D eigenvalue weighted by atomic mass is 16.6. The van der Waals surface area contributed by atoms with Crippen LogP contribution < -0.4 is 10.6 Å². The molecule has 0 saturated carbocycles. The largest absolute Gasteiger partial charge is 0.447 e. The van der Waals surface area contributed by atoms with Crippen LogP contribution in [0.1, 0.15) is 41.1 Å². The first-order chi connectivity index (χ1) is 20.4. The van der Waals surface area contributed by atoms with Gasteiger partial charge < -0.3 is 30.3 Å². The molecule has 0 bridgehead atoms. The Labute approximate surface area is 247 Å². The molecule has 0 aliphatic heterocycles. The van der Waals surface area contributed by atoms with E-state index in [9.17, 15) is 19.8 Å². The first kappa shape index (κ1) is 31.0. The van der Waals surface area contributed by atoms with Crippen LogP contribution >= 0.6 is 0 Å². The number of rotatable bonds is 14. The third-order valence-electron chi connectivity index (χ3n) is 7.52. The monoisotopic (exact) mass is 572 g/mol. The van der Waals surface area contributed by atoms with Crippen LogP contribution in [0.15, 0.2) is 91.0 Å². The van der Waals surface area contributed by atoms with Gasteiger partial charge in [-0.15, -0.1) is 0 Å². The van der Waals surface area contributed by atoms with Crippen LogP contribution in [0.3, 0.4) is 0 Å². The lowest BCUT2D eigenvalue weighted by Crippen LogP contribution is -2.47. The Morgan fingerprint density at radius 1 is 0.976 bits per heavy atom. The highest BCUT2D eigenvalue weighted by molar-refractivity contribution is 5.80. The SMILES string of the molecule is COCCOC(=O)N[C@@H](Cc1ccccc1)[C@@H](O)C[C@@H](CC=Cc1ccccc1)C(=O)N[C@H]1c2ccccc2C[C@H]1O. The molecule has 0 saturated heterocycles. The number of ether oxygens (including phenoxy) is 2. The lowest BCUT2D eigenvalue weighted by Gasteiger charge is -2.28. The van der Waals surface area contributed by atoms with E-state index in [-0.39, 0.29) is 25.5 Å². The molecule has 2 amide bonds. The molecule has 8 heteroatoms. The number of aliphatic hydroxyl groups is 2. The number of amides is 2. The molecule has 3 aromatic carbocycles. The van der Waals surface area contributed by atoms with Gasteiger partial charge in [0.15, 0.2) is 0 Å². The van der Waals surface area contributed by atoms with E-state index in [1.165, 1.54) is 7.11 Å². The smallest absolute Gasteiger partial charge is 0.407 e. The summed E-state index contributed by atoms with van der Waals surface area (Å²) in [6.07, 6.45) is 2.68. The fraction of sp³-hybridized carbons (Fsp3) is 0.353. The molecule has 4 rings (SSSR count). The summed E-state index contributed by atoms with van der Waals surface area (Å²) in [5.41, 5.74) is 3.84. The molecule has 8 nitrogen and oxygen atoms in total. The second kappa shape index (κ2) is 15.9. The highest BCUT2D eigenvalue weighted by Crippen LogP contribution is 2.32. The summed E-state index contributed by atoms with van der Waals surface area (Å²) in [4.78, 5) is 26.3. The van der Waals surface area contributed by atoms with Crippen LogP contribution in [0, 0.1) is 5.92 Å². The number of nitrogens with one attached hydrogen (secondary N) is 2. The number of carbonyl (C=O) groups is 2. The van der Waals surface area contributed by atoms with Crippen LogP contribution in [0.2, 0.25) is 0 Å². The van der Waals surface area contributed by atoms with E-state index >= 15 is 0 Å².